The average molecular weight is 535 g/mol. The molecule has 4 fully saturated rings. The van der Waals surface area contributed by atoms with Gasteiger partial charge in [-0.05, 0) is 79.1 Å². The third-order valence-corrected chi connectivity index (χ3v) is 11.4. The summed E-state index contributed by atoms with van der Waals surface area (Å²) in [5.41, 5.74) is 1.98. The molecule has 2 heterocycles. The van der Waals surface area contributed by atoms with Gasteiger partial charge in [-0.15, -0.1) is 0 Å². The Labute approximate surface area is 223 Å². The van der Waals surface area contributed by atoms with Crippen LogP contribution in [0.4, 0.5) is 0 Å². The zero-order valence-electron chi connectivity index (χ0n) is 22.2. The first-order valence-corrected chi connectivity index (χ1v) is 14.3. The summed E-state index contributed by atoms with van der Waals surface area (Å²) in [5.74, 6) is 1.16. The molecular formula is C29H42O9. The average Bonchev–Trinajstić information content (AvgIpc) is 3.44. The maximum Gasteiger partial charge on any atom is 0.331 e. The maximum atomic E-state index is 11.8. The maximum absolute atomic E-state index is 11.8. The van der Waals surface area contributed by atoms with Crippen molar-refractivity contribution in [2.24, 2.45) is 34.5 Å². The van der Waals surface area contributed by atoms with Crippen LogP contribution in [0.5, 0.6) is 0 Å². The predicted molar refractivity (Wildman–Crippen MR) is 134 cm³/mol. The lowest BCUT2D eigenvalue weighted by Crippen LogP contribution is -2.60. The van der Waals surface area contributed by atoms with E-state index in [0.29, 0.717) is 24.4 Å². The molecule has 9 heteroatoms. The number of hydrogen-bond acceptors (Lipinski definition) is 9. The number of carbonyl (C=O) groups excluding carboxylic acids is 1. The second-order valence-corrected chi connectivity index (χ2v) is 13.1. The Morgan fingerprint density at radius 1 is 1.03 bits per heavy atom. The molecule has 5 N–H and O–H groups in total. The Bertz CT molecular complexity index is 1010. The molecule has 3 saturated carbocycles. The zero-order chi connectivity index (χ0) is 27.0. The molecule has 6 aliphatic rings. The molecule has 0 bridgehead atoms. The molecule has 13 atom stereocenters. The Morgan fingerprint density at radius 2 is 1.82 bits per heavy atom. The van der Waals surface area contributed by atoms with E-state index in [1.807, 2.05) is 6.08 Å². The molecule has 212 valence electrons. The Hall–Kier alpha value is -1.33. The first kappa shape index (κ1) is 26.9. The summed E-state index contributed by atoms with van der Waals surface area (Å²) >= 11 is 0. The fourth-order valence-corrected chi connectivity index (χ4v) is 9.37. The van der Waals surface area contributed by atoms with E-state index >= 15 is 0 Å². The number of fused-ring (bicyclic) bond motifs is 5. The van der Waals surface area contributed by atoms with Gasteiger partial charge in [0.05, 0.1) is 18.8 Å². The van der Waals surface area contributed by atoms with Crippen molar-refractivity contribution in [2.75, 3.05) is 13.2 Å². The van der Waals surface area contributed by atoms with Crippen molar-refractivity contribution in [3.05, 3.63) is 23.3 Å². The largest absolute Gasteiger partial charge is 0.458 e. The lowest BCUT2D eigenvalue weighted by atomic mass is 9.44. The molecular weight excluding hydrogens is 492 g/mol. The van der Waals surface area contributed by atoms with Crippen LogP contribution < -0.4 is 0 Å². The molecule has 0 radical (unpaired) electrons. The van der Waals surface area contributed by atoms with Crippen molar-refractivity contribution < 1.29 is 44.5 Å². The van der Waals surface area contributed by atoms with Crippen LogP contribution in [0, 0.1) is 34.5 Å². The number of ether oxygens (including phenoxy) is 3. The Balaban J connectivity index is 1.15. The van der Waals surface area contributed by atoms with Crippen molar-refractivity contribution >= 4 is 5.97 Å². The second kappa shape index (κ2) is 9.65. The fourth-order valence-electron chi connectivity index (χ4n) is 9.37. The van der Waals surface area contributed by atoms with Crippen LogP contribution in [0.25, 0.3) is 0 Å². The minimum Gasteiger partial charge on any atom is -0.458 e. The summed E-state index contributed by atoms with van der Waals surface area (Å²) in [6, 6.07) is 0. The molecule has 0 aromatic heterocycles. The summed E-state index contributed by atoms with van der Waals surface area (Å²) in [6.45, 7) is 4.49. The van der Waals surface area contributed by atoms with Gasteiger partial charge in [0.15, 0.2) is 6.29 Å². The summed E-state index contributed by atoms with van der Waals surface area (Å²) in [5, 5.41) is 51.5. The van der Waals surface area contributed by atoms with E-state index in [-0.39, 0.29) is 28.8 Å². The highest BCUT2D eigenvalue weighted by atomic mass is 16.7. The van der Waals surface area contributed by atoms with E-state index in [0.717, 1.165) is 56.1 Å². The summed E-state index contributed by atoms with van der Waals surface area (Å²) in [7, 11) is 0. The quantitative estimate of drug-likeness (QED) is 0.265. The van der Waals surface area contributed by atoms with Crippen LogP contribution in [0.3, 0.4) is 0 Å². The molecule has 0 aromatic carbocycles. The minimum atomic E-state index is -1.44. The SMILES string of the molecule is C[C@]12CCC3[C@@H](CC[C@@H]4C[C@@H](O[C@@H]5O[C@H](CO)[C@@H](O)[C@H](O)[C@H]5O)CC[C@]34C)[C@H]1[C@H](O)C=C2C1=CC(=O)OC1. The molecule has 0 aromatic rings. The smallest absolute Gasteiger partial charge is 0.331 e. The third-order valence-electron chi connectivity index (χ3n) is 11.4. The Kier molecular flexibility index (Phi) is 6.82. The van der Waals surface area contributed by atoms with E-state index in [1.165, 1.54) is 0 Å². The standard InChI is InChI=1S/C29H42O9/c1-28-7-5-16(37-27-26(35)25(34)24(33)21(12-30)38-27)10-15(28)3-4-17-18(28)6-8-29(2)19(11-20(31)23(17)29)14-9-22(32)36-13-14/h9,11,15-18,20-21,23-27,30-31,33-35H,3-8,10,12-13H2,1-2H3/t15-,16+,17-,18?,20-,21-,23+,24-,25+,26-,27-,28+,29-/m1/s1. The first-order chi connectivity index (χ1) is 18.1. The van der Waals surface area contributed by atoms with Crippen molar-refractivity contribution in [3.8, 4) is 0 Å². The normalized spacial score (nSPS) is 52.4. The van der Waals surface area contributed by atoms with Gasteiger partial charge in [0.1, 0.15) is 31.0 Å². The molecule has 1 unspecified atom stereocenters. The van der Waals surface area contributed by atoms with Crippen LogP contribution in [-0.4, -0.2) is 87.6 Å². The highest BCUT2D eigenvalue weighted by molar-refractivity contribution is 5.86. The van der Waals surface area contributed by atoms with Crippen LogP contribution in [0.15, 0.2) is 23.3 Å². The summed E-state index contributed by atoms with van der Waals surface area (Å²) < 4.78 is 17.0. The molecule has 0 spiro atoms. The molecule has 9 nitrogen and oxygen atoms in total. The van der Waals surface area contributed by atoms with Gasteiger partial charge in [0.2, 0.25) is 0 Å². The molecule has 6 rings (SSSR count). The third kappa shape index (κ3) is 4.04. The van der Waals surface area contributed by atoms with Gasteiger partial charge in [-0.2, -0.15) is 0 Å². The molecule has 2 aliphatic heterocycles. The van der Waals surface area contributed by atoms with Gasteiger partial charge in [-0.25, -0.2) is 4.79 Å². The van der Waals surface area contributed by atoms with Crippen LogP contribution in [0.2, 0.25) is 0 Å². The fraction of sp³-hybridized carbons (Fsp3) is 0.828. The number of cyclic esters (lactones) is 1. The van der Waals surface area contributed by atoms with Gasteiger partial charge in [0.25, 0.3) is 0 Å². The van der Waals surface area contributed by atoms with E-state index < -0.39 is 43.4 Å². The molecule has 4 aliphatic carbocycles. The van der Waals surface area contributed by atoms with Crippen LogP contribution in [-0.2, 0) is 19.0 Å². The van der Waals surface area contributed by atoms with Crippen LogP contribution >= 0.6 is 0 Å². The molecule has 1 saturated heterocycles. The van der Waals surface area contributed by atoms with Crippen molar-refractivity contribution in [3.63, 3.8) is 0 Å². The van der Waals surface area contributed by atoms with Gasteiger partial charge in [-0.3, -0.25) is 0 Å². The molecule has 38 heavy (non-hydrogen) atoms. The molecule has 0 amide bonds. The number of aliphatic hydroxyl groups excluding tert-OH is 5. The van der Waals surface area contributed by atoms with Gasteiger partial charge >= 0.3 is 5.97 Å². The second-order valence-electron chi connectivity index (χ2n) is 13.1. The summed E-state index contributed by atoms with van der Waals surface area (Å²) in [4.78, 5) is 11.8. The first-order valence-electron chi connectivity index (χ1n) is 14.3. The number of aliphatic hydroxyl groups is 5. The van der Waals surface area contributed by atoms with Gasteiger partial charge in [-0.1, -0.05) is 19.9 Å². The highest BCUT2D eigenvalue weighted by Crippen LogP contribution is 2.67. The lowest BCUT2D eigenvalue weighted by Gasteiger charge is -2.61. The van der Waals surface area contributed by atoms with E-state index in [9.17, 15) is 30.3 Å². The van der Waals surface area contributed by atoms with Crippen molar-refractivity contribution in [1.29, 1.82) is 0 Å². The van der Waals surface area contributed by atoms with E-state index in [2.05, 4.69) is 13.8 Å². The predicted octanol–water partition coefficient (Wildman–Crippen LogP) is 1.20. The van der Waals surface area contributed by atoms with E-state index in [1.54, 1.807) is 6.08 Å². The van der Waals surface area contributed by atoms with Crippen molar-refractivity contribution in [2.45, 2.75) is 102 Å². The van der Waals surface area contributed by atoms with Crippen molar-refractivity contribution in [1.82, 2.24) is 0 Å². The van der Waals surface area contributed by atoms with Gasteiger partial charge in [0, 0.05) is 17.6 Å². The number of rotatable bonds is 4. The monoisotopic (exact) mass is 534 g/mol. The van der Waals surface area contributed by atoms with Gasteiger partial charge < -0.3 is 39.7 Å². The Morgan fingerprint density at radius 3 is 2.53 bits per heavy atom. The number of hydrogen-bond donors (Lipinski definition) is 5. The summed E-state index contributed by atoms with van der Waals surface area (Å²) in [6.07, 6.45) is 3.35. The van der Waals surface area contributed by atoms with Crippen LogP contribution in [0.1, 0.15) is 58.8 Å². The highest BCUT2D eigenvalue weighted by Gasteiger charge is 2.61. The number of esters is 1. The number of carbonyl (C=O) groups is 1. The minimum absolute atomic E-state index is 0.119. The van der Waals surface area contributed by atoms with E-state index in [4.69, 9.17) is 14.2 Å². The lowest BCUT2D eigenvalue weighted by molar-refractivity contribution is -0.316. The zero-order valence-corrected chi connectivity index (χ0v) is 22.2. The topological polar surface area (TPSA) is 146 Å².